The van der Waals surface area contributed by atoms with Crippen LogP contribution in [0.4, 0.5) is 10.5 Å². The third-order valence-corrected chi connectivity index (χ3v) is 4.38. The monoisotopic (exact) mass is 358 g/mol. The van der Waals surface area contributed by atoms with Gasteiger partial charge in [-0.15, -0.1) is 0 Å². The van der Waals surface area contributed by atoms with Crippen LogP contribution in [0.25, 0.3) is 10.9 Å². The lowest BCUT2D eigenvalue weighted by molar-refractivity contribution is 0.0240. The van der Waals surface area contributed by atoms with Gasteiger partial charge in [-0.3, -0.25) is 4.68 Å². The summed E-state index contributed by atoms with van der Waals surface area (Å²) in [6.45, 7) is 14.0. The second-order valence-corrected chi connectivity index (χ2v) is 8.44. The number of ether oxygens (including phenoxy) is 1. The number of fused-ring (bicyclic) bond motifs is 1. The molecule has 0 unspecified atom stereocenters. The summed E-state index contributed by atoms with van der Waals surface area (Å²) in [4.78, 5) is 16.3. The fourth-order valence-corrected chi connectivity index (χ4v) is 3.20. The minimum absolute atomic E-state index is 0.220. The molecule has 1 aromatic heterocycles. The molecule has 0 atom stereocenters. The van der Waals surface area contributed by atoms with Crippen molar-refractivity contribution in [1.29, 1.82) is 0 Å². The molecule has 3 rings (SSSR count). The van der Waals surface area contributed by atoms with Crippen molar-refractivity contribution in [2.24, 2.45) is 5.92 Å². The van der Waals surface area contributed by atoms with Crippen LogP contribution in [-0.2, 0) is 11.3 Å². The summed E-state index contributed by atoms with van der Waals surface area (Å²) in [5, 5.41) is 5.80. The predicted octanol–water partition coefficient (Wildman–Crippen LogP) is 3.75. The van der Waals surface area contributed by atoms with Crippen LogP contribution in [0.2, 0.25) is 0 Å². The van der Waals surface area contributed by atoms with Crippen LogP contribution < -0.4 is 4.90 Å². The SMILES string of the molecule is CC(C)Cn1cc2cc(N3CCN(C(=O)OC(C)(C)C)CC3)ccc2n1. The Labute approximate surface area is 155 Å². The number of hydrogen-bond donors (Lipinski definition) is 0. The van der Waals surface area contributed by atoms with Crippen molar-refractivity contribution < 1.29 is 9.53 Å². The van der Waals surface area contributed by atoms with Crippen LogP contribution in [0.3, 0.4) is 0 Å². The molecule has 2 aromatic rings. The number of anilines is 1. The average Bonchev–Trinajstić information content (AvgIpc) is 2.93. The third-order valence-electron chi connectivity index (χ3n) is 4.38. The van der Waals surface area contributed by atoms with Gasteiger partial charge in [0, 0.05) is 50.0 Å². The van der Waals surface area contributed by atoms with E-state index in [0.717, 1.165) is 30.5 Å². The molecule has 1 amide bonds. The fraction of sp³-hybridized carbons (Fsp3) is 0.600. The van der Waals surface area contributed by atoms with Crippen LogP contribution in [0.1, 0.15) is 34.6 Å². The number of carbonyl (C=O) groups is 1. The molecule has 1 aliphatic heterocycles. The minimum atomic E-state index is -0.449. The molecule has 0 saturated carbocycles. The molecular weight excluding hydrogens is 328 g/mol. The number of nitrogens with zero attached hydrogens (tertiary/aromatic N) is 4. The van der Waals surface area contributed by atoms with Crippen LogP contribution in [0, 0.1) is 5.92 Å². The van der Waals surface area contributed by atoms with Gasteiger partial charge in [0.05, 0.1) is 5.52 Å². The van der Waals surface area contributed by atoms with Crippen molar-refractivity contribution in [2.45, 2.75) is 46.8 Å². The zero-order chi connectivity index (χ0) is 18.9. The molecule has 0 bridgehead atoms. The Hall–Kier alpha value is -2.24. The highest BCUT2D eigenvalue weighted by Gasteiger charge is 2.26. The molecule has 6 heteroatoms. The van der Waals surface area contributed by atoms with Gasteiger partial charge in [-0.25, -0.2) is 4.79 Å². The summed E-state index contributed by atoms with van der Waals surface area (Å²) in [6.07, 6.45) is 1.90. The lowest BCUT2D eigenvalue weighted by Gasteiger charge is -2.36. The van der Waals surface area contributed by atoms with Gasteiger partial charge in [0.2, 0.25) is 0 Å². The van der Waals surface area contributed by atoms with E-state index in [4.69, 9.17) is 4.74 Å². The summed E-state index contributed by atoms with van der Waals surface area (Å²) in [5.74, 6) is 0.574. The third kappa shape index (κ3) is 4.48. The predicted molar refractivity (Wildman–Crippen MR) is 105 cm³/mol. The first-order chi connectivity index (χ1) is 12.2. The maximum atomic E-state index is 12.2. The Morgan fingerprint density at radius 1 is 1.19 bits per heavy atom. The molecule has 0 radical (unpaired) electrons. The van der Waals surface area contributed by atoms with Crippen molar-refractivity contribution in [3.63, 3.8) is 0 Å². The Morgan fingerprint density at radius 2 is 1.88 bits per heavy atom. The maximum absolute atomic E-state index is 12.2. The van der Waals surface area contributed by atoms with Gasteiger partial charge < -0.3 is 14.5 Å². The summed E-state index contributed by atoms with van der Waals surface area (Å²) in [7, 11) is 0. The highest BCUT2D eigenvalue weighted by Crippen LogP contribution is 2.23. The van der Waals surface area contributed by atoms with Gasteiger partial charge in [0.1, 0.15) is 5.60 Å². The molecule has 26 heavy (non-hydrogen) atoms. The molecule has 0 aliphatic carbocycles. The normalized spacial score (nSPS) is 15.8. The number of benzene rings is 1. The maximum Gasteiger partial charge on any atom is 0.410 e. The largest absolute Gasteiger partial charge is 0.444 e. The molecule has 1 aliphatic rings. The van der Waals surface area contributed by atoms with E-state index in [1.165, 1.54) is 5.69 Å². The number of aromatic nitrogens is 2. The standard InChI is InChI=1S/C20H30N4O2/c1-15(2)13-24-14-16-12-17(6-7-18(16)21-24)22-8-10-23(11-9-22)19(25)26-20(3,4)5/h6-7,12,14-15H,8-11,13H2,1-5H3. The molecule has 0 spiro atoms. The van der Waals surface area contributed by atoms with Crippen LogP contribution in [0.5, 0.6) is 0 Å². The topological polar surface area (TPSA) is 50.6 Å². The van der Waals surface area contributed by atoms with Crippen molar-refractivity contribution in [2.75, 3.05) is 31.1 Å². The minimum Gasteiger partial charge on any atom is -0.444 e. The lowest BCUT2D eigenvalue weighted by atomic mass is 10.2. The van der Waals surface area contributed by atoms with Gasteiger partial charge in [-0.05, 0) is 44.9 Å². The highest BCUT2D eigenvalue weighted by atomic mass is 16.6. The van der Waals surface area contributed by atoms with Gasteiger partial charge in [-0.1, -0.05) is 13.8 Å². The van der Waals surface area contributed by atoms with E-state index < -0.39 is 5.60 Å². The van der Waals surface area contributed by atoms with E-state index in [1.54, 1.807) is 4.90 Å². The Kier molecular flexibility index (Phi) is 5.12. The molecule has 2 heterocycles. The molecule has 1 aromatic carbocycles. The van der Waals surface area contributed by atoms with Crippen LogP contribution >= 0.6 is 0 Å². The zero-order valence-electron chi connectivity index (χ0n) is 16.5. The molecular formula is C20H30N4O2. The Bertz CT molecular complexity index is 768. The first kappa shape index (κ1) is 18.5. The van der Waals surface area contributed by atoms with E-state index in [9.17, 15) is 4.79 Å². The number of rotatable bonds is 3. The average molecular weight is 358 g/mol. The van der Waals surface area contributed by atoms with Crippen LogP contribution in [0.15, 0.2) is 24.4 Å². The molecule has 142 valence electrons. The molecule has 0 N–H and O–H groups in total. The van der Waals surface area contributed by atoms with Crippen molar-refractivity contribution in [3.8, 4) is 0 Å². The Balaban J connectivity index is 1.64. The van der Waals surface area contributed by atoms with Crippen molar-refractivity contribution in [1.82, 2.24) is 14.7 Å². The van der Waals surface area contributed by atoms with E-state index in [2.05, 4.69) is 48.2 Å². The van der Waals surface area contributed by atoms with Gasteiger partial charge in [0.15, 0.2) is 0 Å². The molecule has 1 saturated heterocycles. The van der Waals surface area contributed by atoms with E-state index in [1.807, 2.05) is 25.5 Å². The van der Waals surface area contributed by atoms with Crippen molar-refractivity contribution >= 4 is 22.7 Å². The fourth-order valence-electron chi connectivity index (χ4n) is 3.20. The van der Waals surface area contributed by atoms with Crippen LogP contribution in [-0.4, -0.2) is 52.6 Å². The summed E-state index contributed by atoms with van der Waals surface area (Å²) >= 11 is 0. The molecule has 6 nitrogen and oxygen atoms in total. The number of amides is 1. The molecule has 1 fully saturated rings. The van der Waals surface area contributed by atoms with Gasteiger partial charge in [-0.2, -0.15) is 5.10 Å². The van der Waals surface area contributed by atoms with Crippen molar-refractivity contribution in [3.05, 3.63) is 24.4 Å². The number of piperazine rings is 1. The lowest BCUT2D eigenvalue weighted by Crippen LogP contribution is -2.50. The summed E-state index contributed by atoms with van der Waals surface area (Å²) < 4.78 is 7.49. The van der Waals surface area contributed by atoms with Gasteiger partial charge >= 0.3 is 6.09 Å². The van der Waals surface area contributed by atoms with E-state index in [0.29, 0.717) is 19.0 Å². The Morgan fingerprint density at radius 3 is 2.50 bits per heavy atom. The second kappa shape index (κ2) is 7.17. The highest BCUT2D eigenvalue weighted by molar-refractivity contribution is 5.82. The first-order valence-electron chi connectivity index (χ1n) is 9.41. The summed E-state index contributed by atoms with van der Waals surface area (Å²) in [6, 6.07) is 6.40. The first-order valence-corrected chi connectivity index (χ1v) is 9.41. The number of carbonyl (C=O) groups excluding carboxylic acids is 1. The van der Waals surface area contributed by atoms with E-state index >= 15 is 0 Å². The van der Waals surface area contributed by atoms with Gasteiger partial charge in [0.25, 0.3) is 0 Å². The quantitative estimate of drug-likeness (QED) is 0.838. The van der Waals surface area contributed by atoms with E-state index in [-0.39, 0.29) is 6.09 Å². The number of hydrogen-bond acceptors (Lipinski definition) is 4. The second-order valence-electron chi connectivity index (χ2n) is 8.44. The zero-order valence-corrected chi connectivity index (χ0v) is 16.5. The smallest absolute Gasteiger partial charge is 0.410 e. The summed E-state index contributed by atoms with van der Waals surface area (Å²) in [5.41, 5.74) is 1.77.